The van der Waals surface area contributed by atoms with Gasteiger partial charge in [-0.2, -0.15) is 0 Å². The second-order valence-corrected chi connectivity index (χ2v) is 5.94. The zero-order valence-electron chi connectivity index (χ0n) is 11.9. The minimum atomic E-state index is -0.140. The average Bonchev–Trinajstić information content (AvgIpc) is 3.15. The largest absolute Gasteiger partial charge is 0.494 e. The van der Waals surface area contributed by atoms with Crippen LogP contribution in [0.25, 0.3) is 0 Å². The van der Waals surface area contributed by atoms with Crippen LogP contribution in [0, 0.1) is 23.7 Å². The molecule has 1 aliphatic heterocycles. The molecule has 2 aliphatic carbocycles. The van der Waals surface area contributed by atoms with Crippen LogP contribution in [0.3, 0.4) is 0 Å². The summed E-state index contributed by atoms with van der Waals surface area (Å²) in [6.07, 6.45) is 5.18. The number of fused-ring (bicyclic) bond motifs is 5. The minimum absolute atomic E-state index is 0.0361. The Balaban J connectivity index is 1.64. The van der Waals surface area contributed by atoms with Crippen molar-refractivity contribution in [2.75, 3.05) is 11.5 Å². The van der Waals surface area contributed by atoms with Crippen LogP contribution < -0.4 is 9.64 Å². The highest BCUT2D eigenvalue weighted by atomic mass is 16.5. The first-order chi connectivity index (χ1) is 10.2. The number of hydrogen-bond donors (Lipinski definition) is 0. The van der Waals surface area contributed by atoms with Gasteiger partial charge in [0.1, 0.15) is 5.75 Å². The van der Waals surface area contributed by atoms with Crippen molar-refractivity contribution in [2.45, 2.75) is 13.3 Å². The van der Waals surface area contributed by atoms with E-state index in [0.29, 0.717) is 12.3 Å². The molecule has 3 aliphatic rings. The number of carbonyl (C=O) groups is 2. The molecule has 1 saturated carbocycles. The number of imide groups is 1. The first-order valence-electron chi connectivity index (χ1n) is 7.49. The number of ether oxygens (including phenoxy) is 1. The van der Waals surface area contributed by atoms with Crippen molar-refractivity contribution in [3.8, 4) is 5.75 Å². The molecule has 1 aromatic carbocycles. The third-order valence-corrected chi connectivity index (χ3v) is 4.88. The number of carbonyl (C=O) groups excluding carboxylic acids is 2. The molecule has 108 valence electrons. The molecule has 1 heterocycles. The predicted molar refractivity (Wildman–Crippen MR) is 77.8 cm³/mol. The van der Waals surface area contributed by atoms with Gasteiger partial charge in [-0.1, -0.05) is 12.2 Å². The van der Waals surface area contributed by atoms with Crippen LogP contribution in [0.4, 0.5) is 5.69 Å². The lowest BCUT2D eigenvalue weighted by molar-refractivity contribution is -0.123. The van der Waals surface area contributed by atoms with Gasteiger partial charge in [0.15, 0.2) is 0 Å². The summed E-state index contributed by atoms with van der Waals surface area (Å²) in [5.74, 6) is 0.908. The van der Waals surface area contributed by atoms with Crippen molar-refractivity contribution in [2.24, 2.45) is 23.7 Å². The Morgan fingerprint density at radius 3 is 2.14 bits per heavy atom. The maximum absolute atomic E-state index is 12.6. The molecule has 4 heteroatoms. The molecule has 4 rings (SSSR count). The van der Waals surface area contributed by atoms with E-state index < -0.39 is 0 Å². The fourth-order valence-electron chi connectivity index (χ4n) is 4.01. The van der Waals surface area contributed by atoms with E-state index in [1.54, 1.807) is 24.3 Å². The lowest BCUT2D eigenvalue weighted by Gasteiger charge is -2.17. The van der Waals surface area contributed by atoms with Crippen LogP contribution >= 0.6 is 0 Å². The quantitative estimate of drug-likeness (QED) is 0.632. The summed E-state index contributed by atoms with van der Waals surface area (Å²) in [5, 5.41) is 0. The first-order valence-corrected chi connectivity index (χ1v) is 7.49. The number of hydrogen-bond acceptors (Lipinski definition) is 3. The summed E-state index contributed by atoms with van der Waals surface area (Å²) in [5.41, 5.74) is 0.655. The normalized spacial score (nSPS) is 32.9. The van der Waals surface area contributed by atoms with Crippen molar-refractivity contribution in [3.63, 3.8) is 0 Å². The Labute approximate surface area is 123 Å². The Bertz CT molecular complexity index is 604. The van der Waals surface area contributed by atoms with E-state index in [1.807, 2.05) is 6.92 Å². The SMILES string of the molecule is CCOc1ccc(N2C(=O)[C@@H]3[C@H](C2=O)[C@@H]2C=C[C@H]3C2)cc1. The highest BCUT2D eigenvalue weighted by Gasteiger charge is 2.59. The average molecular weight is 283 g/mol. The van der Waals surface area contributed by atoms with Crippen LogP contribution in [-0.2, 0) is 9.59 Å². The zero-order valence-corrected chi connectivity index (χ0v) is 11.9. The van der Waals surface area contributed by atoms with Crippen molar-refractivity contribution in [1.82, 2.24) is 0 Å². The standard InChI is InChI=1S/C17H17NO3/c1-2-21-13-7-5-12(6-8-13)18-16(19)14-10-3-4-11(9-10)15(14)17(18)20/h3-8,10-11,14-15H,2,9H2,1H3/t10-,11+,14-,15+. The first kappa shape index (κ1) is 12.6. The van der Waals surface area contributed by atoms with Gasteiger partial charge in [-0.3, -0.25) is 14.5 Å². The van der Waals surface area contributed by atoms with Crippen LogP contribution in [0.15, 0.2) is 36.4 Å². The Hall–Kier alpha value is -2.10. The van der Waals surface area contributed by atoms with Crippen molar-refractivity contribution < 1.29 is 14.3 Å². The molecule has 0 N–H and O–H groups in total. The molecular formula is C17H17NO3. The van der Waals surface area contributed by atoms with Crippen molar-refractivity contribution >= 4 is 17.5 Å². The molecule has 2 fully saturated rings. The van der Waals surface area contributed by atoms with Crippen LogP contribution in [0.1, 0.15) is 13.3 Å². The van der Waals surface area contributed by atoms with Gasteiger partial charge in [-0.25, -0.2) is 0 Å². The topological polar surface area (TPSA) is 46.6 Å². The number of anilines is 1. The van der Waals surface area contributed by atoms with Crippen LogP contribution in [0.5, 0.6) is 5.75 Å². The number of benzene rings is 1. The zero-order chi connectivity index (χ0) is 14.6. The number of rotatable bonds is 3. The van der Waals surface area contributed by atoms with E-state index in [9.17, 15) is 9.59 Å². The summed E-state index contributed by atoms with van der Waals surface area (Å²) in [7, 11) is 0. The lowest BCUT2D eigenvalue weighted by atomic mass is 9.85. The van der Waals surface area contributed by atoms with E-state index >= 15 is 0 Å². The van der Waals surface area contributed by atoms with E-state index in [-0.39, 0.29) is 35.5 Å². The molecule has 1 saturated heterocycles. The molecule has 0 unspecified atom stereocenters. The summed E-state index contributed by atoms with van der Waals surface area (Å²) in [6, 6.07) is 7.19. The van der Waals surface area contributed by atoms with Gasteiger partial charge in [-0.05, 0) is 49.4 Å². The van der Waals surface area contributed by atoms with E-state index in [0.717, 1.165) is 12.2 Å². The second kappa shape index (κ2) is 4.45. The fraction of sp³-hybridized carbons (Fsp3) is 0.412. The summed E-state index contributed by atoms with van der Waals surface area (Å²) in [4.78, 5) is 26.6. The van der Waals surface area contributed by atoms with Gasteiger partial charge < -0.3 is 4.74 Å². The molecule has 4 nitrogen and oxygen atoms in total. The summed E-state index contributed by atoms with van der Waals surface area (Å²) in [6.45, 7) is 2.52. The lowest BCUT2D eigenvalue weighted by Crippen LogP contribution is -2.32. The summed E-state index contributed by atoms with van der Waals surface area (Å²) < 4.78 is 5.40. The highest BCUT2D eigenvalue weighted by molar-refractivity contribution is 6.22. The third kappa shape index (κ3) is 1.68. The number of nitrogens with zero attached hydrogens (tertiary/aromatic N) is 1. The van der Waals surface area contributed by atoms with Gasteiger partial charge in [0.05, 0.1) is 24.1 Å². The molecule has 4 atom stereocenters. The Kier molecular flexibility index (Phi) is 2.67. The van der Waals surface area contributed by atoms with Gasteiger partial charge in [0, 0.05) is 0 Å². The van der Waals surface area contributed by atoms with Gasteiger partial charge in [0.2, 0.25) is 11.8 Å². The molecule has 21 heavy (non-hydrogen) atoms. The van der Waals surface area contributed by atoms with Gasteiger partial charge in [0.25, 0.3) is 0 Å². The van der Waals surface area contributed by atoms with E-state index in [4.69, 9.17) is 4.74 Å². The molecule has 0 radical (unpaired) electrons. The smallest absolute Gasteiger partial charge is 0.238 e. The molecule has 2 amide bonds. The molecule has 1 aromatic rings. The van der Waals surface area contributed by atoms with Gasteiger partial charge in [-0.15, -0.1) is 0 Å². The molecule has 0 spiro atoms. The van der Waals surface area contributed by atoms with E-state index in [1.165, 1.54) is 4.90 Å². The van der Waals surface area contributed by atoms with Crippen molar-refractivity contribution in [3.05, 3.63) is 36.4 Å². The maximum Gasteiger partial charge on any atom is 0.238 e. The third-order valence-electron chi connectivity index (χ3n) is 4.88. The highest BCUT2D eigenvalue weighted by Crippen LogP contribution is 2.53. The minimum Gasteiger partial charge on any atom is -0.494 e. The summed E-state index contributed by atoms with van der Waals surface area (Å²) >= 11 is 0. The molecular weight excluding hydrogens is 266 g/mol. The monoisotopic (exact) mass is 283 g/mol. The van der Waals surface area contributed by atoms with Gasteiger partial charge >= 0.3 is 0 Å². The second-order valence-electron chi connectivity index (χ2n) is 5.94. The fourth-order valence-corrected chi connectivity index (χ4v) is 4.01. The Morgan fingerprint density at radius 2 is 1.62 bits per heavy atom. The van der Waals surface area contributed by atoms with Crippen LogP contribution in [0.2, 0.25) is 0 Å². The maximum atomic E-state index is 12.6. The van der Waals surface area contributed by atoms with Crippen molar-refractivity contribution in [1.29, 1.82) is 0 Å². The molecule has 0 aromatic heterocycles. The van der Waals surface area contributed by atoms with Crippen LogP contribution in [-0.4, -0.2) is 18.4 Å². The molecule has 2 bridgehead atoms. The predicted octanol–water partition coefficient (Wildman–Crippen LogP) is 2.40. The van der Waals surface area contributed by atoms with E-state index in [2.05, 4.69) is 12.2 Å². The number of amides is 2. The Morgan fingerprint density at radius 1 is 1.05 bits per heavy atom. The number of allylic oxidation sites excluding steroid dienone is 2.